The molecule has 1 saturated carbocycles. The maximum Gasteiger partial charge on any atom is 0.308 e. The molecular weight excluding hydrogens is 512 g/mol. The average molecular weight is 546 g/mol. The van der Waals surface area contributed by atoms with E-state index in [0.29, 0.717) is 56.8 Å². The smallest absolute Gasteiger partial charge is 0.308 e. The van der Waals surface area contributed by atoms with Crippen molar-refractivity contribution < 1.29 is 27.8 Å². The minimum atomic E-state index is -2.88. The Labute approximate surface area is 224 Å². The molecule has 2 aliphatic rings. The van der Waals surface area contributed by atoms with Gasteiger partial charge in [0.2, 0.25) is 0 Å². The van der Waals surface area contributed by atoms with Gasteiger partial charge in [-0.3, -0.25) is 14.3 Å². The van der Waals surface area contributed by atoms with Gasteiger partial charge in [-0.2, -0.15) is 10.2 Å². The number of hydrogen-bond acceptors (Lipinski definition) is 8. The lowest BCUT2D eigenvalue weighted by Crippen LogP contribution is -2.45. The summed E-state index contributed by atoms with van der Waals surface area (Å²) in [6.45, 7) is 7.39. The first-order chi connectivity index (χ1) is 18.7. The van der Waals surface area contributed by atoms with E-state index in [0.717, 1.165) is 0 Å². The predicted octanol–water partition coefficient (Wildman–Crippen LogP) is 4.02. The molecule has 3 aromatic rings. The fraction of sp³-hybridized carbons (Fsp3) is 0.577. The van der Waals surface area contributed by atoms with Gasteiger partial charge in [0, 0.05) is 25.5 Å². The van der Waals surface area contributed by atoms with E-state index in [1.165, 1.54) is 21.6 Å². The summed E-state index contributed by atoms with van der Waals surface area (Å²) in [5.74, 6) is -0.341. The van der Waals surface area contributed by atoms with Crippen LogP contribution >= 0.6 is 0 Å². The number of hydrogen-bond donors (Lipinski definition) is 1. The minimum Gasteiger partial charge on any atom is -0.466 e. The number of alkyl halides is 2. The van der Waals surface area contributed by atoms with Crippen molar-refractivity contribution in [2.75, 3.05) is 29.9 Å². The van der Waals surface area contributed by atoms with Crippen molar-refractivity contribution in [3.8, 4) is 0 Å². The van der Waals surface area contributed by atoms with Gasteiger partial charge >= 0.3 is 5.97 Å². The Morgan fingerprint density at radius 2 is 1.90 bits per heavy atom. The van der Waals surface area contributed by atoms with Crippen molar-refractivity contribution in [1.82, 2.24) is 24.4 Å². The van der Waals surface area contributed by atoms with E-state index in [2.05, 4.69) is 25.4 Å². The van der Waals surface area contributed by atoms with Crippen molar-refractivity contribution in [2.24, 2.45) is 5.92 Å². The second kappa shape index (κ2) is 11.2. The van der Waals surface area contributed by atoms with Gasteiger partial charge in [-0.05, 0) is 52.5 Å². The predicted molar refractivity (Wildman–Crippen MR) is 138 cm³/mol. The van der Waals surface area contributed by atoms with Gasteiger partial charge in [-0.25, -0.2) is 18.3 Å². The summed E-state index contributed by atoms with van der Waals surface area (Å²) in [7, 11) is 0. The van der Waals surface area contributed by atoms with Gasteiger partial charge < -0.3 is 19.7 Å². The van der Waals surface area contributed by atoms with E-state index in [-0.39, 0.29) is 41.4 Å². The molecule has 5 rings (SSSR count). The fourth-order valence-electron chi connectivity index (χ4n) is 5.44. The number of rotatable bonds is 7. The van der Waals surface area contributed by atoms with Crippen LogP contribution in [0.25, 0.3) is 5.65 Å². The topological polar surface area (TPSA) is 116 Å². The van der Waals surface area contributed by atoms with Crippen LogP contribution in [0.3, 0.4) is 0 Å². The number of nitrogens with one attached hydrogen (secondary N) is 1. The van der Waals surface area contributed by atoms with Gasteiger partial charge in [0.15, 0.2) is 11.3 Å². The standard InChI is InChI=1S/C26H33F2N7O4/c1-4-38-26(37)17-5-7-18(8-6-17)35-14-20(22(32-35)23(27)28)30-25(36)19-11-29-34-10-9-21(31-24(19)34)33-12-15(2)39-16(3)13-33/h9-11,14-18,23H,4-8,12-13H2,1-3H3,(H,30,36)/t15-,16+,17-,18-. The second-order valence-electron chi connectivity index (χ2n) is 10.2. The summed E-state index contributed by atoms with van der Waals surface area (Å²) >= 11 is 0. The molecule has 1 saturated heterocycles. The maximum absolute atomic E-state index is 13.9. The van der Waals surface area contributed by atoms with Crippen LogP contribution in [-0.2, 0) is 14.3 Å². The van der Waals surface area contributed by atoms with Crippen LogP contribution in [0.1, 0.15) is 75.0 Å². The number of morpholine rings is 1. The molecule has 0 aromatic carbocycles. The first-order valence-electron chi connectivity index (χ1n) is 13.3. The quantitative estimate of drug-likeness (QED) is 0.443. The molecule has 0 unspecified atom stereocenters. The number of anilines is 2. The van der Waals surface area contributed by atoms with E-state index < -0.39 is 18.0 Å². The zero-order valence-electron chi connectivity index (χ0n) is 22.2. The van der Waals surface area contributed by atoms with Crippen molar-refractivity contribution in [3.05, 3.63) is 35.9 Å². The van der Waals surface area contributed by atoms with Gasteiger partial charge in [0.05, 0.1) is 42.7 Å². The minimum absolute atomic E-state index is 0.0315. The molecular formula is C26H33F2N7O4. The van der Waals surface area contributed by atoms with Gasteiger partial charge in [-0.1, -0.05) is 0 Å². The first kappa shape index (κ1) is 27.0. The van der Waals surface area contributed by atoms with Crippen LogP contribution in [0.5, 0.6) is 0 Å². The monoisotopic (exact) mass is 545 g/mol. The SMILES string of the molecule is CCOC(=O)[C@H]1CC[C@H](n2cc(NC(=O)c3cnn4ccc(N5C[C@@H](C)O[C@@H](C)C5)nc34)c(C(F)F)n2)CC1. The molecule has 1 aliphatic carbocycles. The Morgan fingerprint density at radius 1 is 1.18 bits per heavy atom. The molecule has 2 atom stereocenters. The molecule has 0 spiro atoms. The third-order valence-electron chi connectivity index (χ3n) is 7.25. The number of nitrogens with zero attached hydrogens (tertiary/aromatic N) is 6. The third kappa shape index (κ3) is 5.72. The molecule has 3 aromatic heterocycles. The molecule has 1 N–H and O–H groups in total. The van der Waals surface area contributed by atoms with Crippen molar-refractivity contribution >= 4 is 29.0 Å². The summed E-state index contributed by atoms with van der Waals surface area (Å²) in [4.78, 5) is 32.0. The lowest BCUT2D eigenvalue weighted by atomic mass is 9.86. The molecule has 210 valence electrons. The summed E-state index contributed by atoms with van der Waals surface area (Å²) < 4.78 is 41.7. The highest BCUT2D eigenvalue weighted by molar-refractivity contribution is 6.08. The van der Waals surface area contributed by atoms with E-state index in [4.69, 9.17) is 9.47 Å². The molecule has 2 fully saturated rings. The Kier molecular flexibility index (Phi) is 7.78. The van der Waals surface area contributed by atoms with Crippen LogP contribution in [0.4, 0.5) is 20.3 Å². The number of carbonyl (C=O) groups is 2. The number of esters is 1. The van der Waals surface area contributed by atoms with Crippen LogP contribution < -0.4 is 10.2 Å². The van der Waals surface area contributed by atoms with Gasteiger partial charge in [0.25, 0.3) is 12.3 Å². The zero-order valence-corrected chi connectivity index (χ0v) is 22.2. The van der Waals surface area contributed by atoms with E-state index in [1.807, 2.05) is 19.9 Å². The molecule has 0 radical (unpaired) electrons. The van der Waals surface area contributed by atoms with Crippen molar-refractivity contribution in [3.63, 3.8) is 0 Å². The molecule has 0 bridgehead atoms. The van der Waals surface area contributed by atoms with Crippen LogP contribution in [0.15, 0.2) is 24.7 Å². The normalized spacial score (nSPS) is 23.8. The number of carbonyl (C=O) groups excluding carboxylic acids is 2. The Hall–Kier alpha value is -3.61. The number of fused-ring (bicyclic) bond motifs is 1. The Bertz CT molecular complexity index is 1330. The molecule has 11 nitrogen and oxygen atoms in total. The lowest BCUT2D eigenvalue weighted by molar-refractivity contribution is -0.149. The molecule has 1 aliphatic heterocycles. The highest BCUT2D eigenvalue weighted by atomic mass is 19.3. The summed E-state index contributed by atoms with van der Waals surface area (Å²) in [6.07, 6.45) is 4.09. The van der Waals surface area contributed by atoms with Crippen LogP contribution in [0, 0.1) is 5.92 Å². The Balaban J connectivity index is 1.33. The van der Waals surface area contributed by atoms with E-state index in [1.54, 1.807) is 13.1 Å². The lowest BCUT2D eigenvalue weighted by Gasteiger charge is -2.36. The summed E-state index contributed by atoms with van der Waals surface area (Å²) in [5.41, 5.74) is -0.0830. The average Bonchev–Trinajstić information content (AvgIpc) is 3.52. The summed E-state index contributed by atoms with van der Waals surface area (Å²) in [5, 5.41) is 10.9. The first-order valence-corrected chi connectivity index (χ1v) is 13.3. The number of ether oxygens (including phenoxy) is 2. The van der Waals surface area contributed by atoms with Crippen molar-refractivity contribution in [1.29, 1.82) is 0 Å². The molecule has 1 amide bonds. The number of amides is 1. The van der Waals surface area contributed by atoms with Gasteiger partial charge in [0.1, 0.15) is 11.4 Å². The molecule has 39 heavy (non-hydrogen) atoms. The van der Waals surface area contributed by atoms with Gasteiger partial charge in [-0.15, -0.1) is 0 Å². The zero-order chi connectivity index (χ0) is 27.7. The Morgan fingerprint density at radius 3 is 2.56 bits per heavy atom. The highest BCUT2D eigenvalue weighted by Crippen LogP contribution is 2.35. The number of aromatic nitrogens is 5. The maximum atomic E-state index is 13.9. The molecule has 4 heterocycles. The largest absolute Gasteiger partial charge is 0.466 e. The van der Waals surface area contributed by atoms with E-state index >= 15 is 0 Å². The fourth-order valence-corrected chi connectivity index (χ4v) is 5.44. The third-order valence-corrected chi connectivity index (χ3v) is 7.25. The van der Waals surface area contributed by atoms with E-state index in [9.17, 15) is 18.4 Å². The second-order valence-corrected chi connectivity index (χ2v) is 10.2. The summed E-state index contributed by atoms with van der Waals surface area (Å²) in [6, 6.07) is 1.67. The number of halogens is 2. The van der Waals surface area contributed by atoms with Crippen LogP contribution in [-0.4, -0.2) is 68.2 Å². The van der Waals surface area contributed by atoms with Crippen LogP contribution in [0.2, 0.25) is 0 Å². The molecule has 13 heteroatoms. The highest BCUT2D eigenvalue weighted by Gasteiger charge is 2.31. The van der Waals surface area contributed by atoms with Crippen molar-refractivity contribution in [2.45, 2.75) is 71.1 Å².